The first-order valence-electron chi connectivity index (χ1n) is 6.32. The van der Waals surface area contributed by atoms with Crippen molar-refractivity contribution in [3.8, 4) is 0 Å². The van der Waals surface area contributed by atoms with Crippen LogP contribution in [0, 0.1) is 5.92 Å². The standard InChI is InChI=1S/C13H19BrN4O2/c1-9(2)8-18(7-5-11(15)17-20)13(19)12-10(14)4-3-6-16-12/h3-4,6,9,20H,5,7-8H2,1-2H3,(H2,15,17). The largest absolute Gasteiger partial charge is 0.409 e. The lowest BCUT2D eigenvalue weighted by molar-refractivity contribution is 0.0733. The molecule has 6 nitrogen and oxygen atoms in total. The Labute approximate surface area is 126 Å². The number of nitrogens with two attached hydrogens (primary N) is 1. The molecule has 0 saturated heterocycles. The molecule has 110 valence electrons. The maximum atomic E-state index is 12.5. The Morgan fingerprint density at radius 2 is 2.30 bits per heavy atom. The maximum absolute atomic E-state index is 12.5. The van der Waals surface area contributed by atoms with Crippen LogP contribution < -0.4 is 5.73 Å². The number of aromatic nitrogens is 1. The number of carbonyl (C=O) groups excluding carboxylic acids is 1. The molecule has 0 saturated carbocycles. The van der Waals surface area contributed by atoms with Crippen molar-refractivity contribution in [2.24, 2.45) is 16.8 Å². The van der Waals surface area contributed by atoms with Crippen molar-refractivity contribution in [1.82, 2.24) is 9.88 Å². The van der Waals surface area contributed by atoms with Gasteiger partial charge in [0.05, 0.1) is 0 Å². The van der Waals surface area contributed by atoms with E-state index in [0.29, 0.717) is 35.6 Å². The number of nitrogens with zero attached hydrogens (tertiary/aromatic N) is 3. The van der Waals surface area contributed by atoms with Crippen molar-refractivity contribution >= 4 is 27.7 Å². The molecule has 0 bridgehead atoms. The van der Waals surface area contributed by atoms with Gasteiger partial charge in [0.15, 0.2) is 0 Å². The fourth-order valence-electron chi connectivity index (χ4n) is 1.71. The number of hydrogen-bond donors (Lipinski definition) is 2. The van der Waals surface area contributed by atoms with E-state index >= 15 is 0 Å². The lowest BCUT2D eigenvalue weighted by atomic mass is 10.2. The van der Waals surface area contributed by atoms with Gasteiger partial charge >= 0.3 is 0 Å². The number of amides is 1. The third-order valence-electron chi connectivity index (χ3n) is 2.60. The van der Waals surface area contributed by atoms with Gasteiger partial charge in [0, 0.05) is 30.2 Å². The molecule has 1 aromatic heterocycles. The Morgan fingerprint density at radius 3 is 2.85 bits per heavy atom. The van der Waals surface area contributed by atoms with E-state index < -0.39 is 0 Å². The van der Waals surface area contributed by atoms with Crippen LogP contribution in [0.15, 0.2) is 28.0 Å². The van der Waals surface area contributed by atoms with Crippen LogP contribution in [0.5, 0.6) is 0 Å². The van der Waals surface area contributed by atoms with Crippen molar-refractivity contribution in [2.45, 2.75) is 20.3 Å². The Morgan fingerprint density at radius 1 is 1.60 bits per heavy atom. The van der Waals surface area contributed by atoms with E-state index in [1.807, 2.05) is 13.8 Å². The molecule has 0 fully saturated rings. The summed E-state index contributed by atoms with van der Waals surface area (Å²) in [6.07, 6.45) is 1.90. The molecule has 0 radical (unpaired) electrons. The number of amidine groups is 1. The van der Waals surface area contributed by atoms with Gasteiger partial charge in [0.2, 0.25) is 0 Å². The molecule has 0 aliphatic heterocycles. The number of rotatable bonds is 6. The van der Waals surface area contributed by atoms with Crippen LogP contribution >= 0.6 is 15.9 Å². The van der Waals surface area contributed by atoms with Gasteiger partial charge in [-0.05, 0) is 34.0 Å². The van der Waals surface area contributed by atoms with Gasteiger partial charge in [-0.2, -0.15) is 0 Å². The average molecular weight is 343 g/mol. The monoisotopic (exact) mass is 342 g/mol. The molecule has 3 N–H and O–H groups in total. The summed E-state index contributed by atoms with van der Waals surface area (Å²) in [5, 5.41) is 11.5. The number of carbonyl (C=O) groups is 1. The van der Waals surface area contributed by atoms with Crippen molar-refractivity contribution in [3.05, 3.63) is 28.5 Å². The zero-order chi connectivity index (χ0) is 15.1. The second kappa shape index (κ2) is 7.84. The summed E-state index contributed by atoms with van der Waals surface area (Å²) in [6.45, 7) is 5.02. The zero-order valence-electron chi connectivity index (χ0n) is 11.6. The van der Waals surface area contributed by atoms with Crippen LogP contribution in [0.3, 0.4) is 0 Å². The van der Waals surface area contributed by atoms with E-state index in [4.69, 9.17) is 10.9 Å². The minimum Gasteiger partial charge on any atom is -0.409 e. The highest BCUT2D eigenvalue weighted by atomic mass is 79.9. The maximum Gasteiger partial charge on any atom is 0.273 e. The van der Waals surface area contributed by atoms with Gasteiger partial charge in [0.1, 0.15) is 11.5 Å². The molecule has 0 atom stereocenters. The van der Waals surface area contributed by atoms with Crippen molar-refractivity contribution < 1.29 is 10.0 Å². The molecular formula is C13H19BrN4O2. The highest BCUT2D eigenvalue weighted by molar-refractivity contribution is 9.10. The van der Waals surface area contributed by atoms with E-state index in [9.17, 15) is 4.79 Å². The lowest BCUT2D eigenvalue weighted by Gasteiger charge is -2.24. The van der Waals surface area contributed by atoms with Gasteiger partial charge in [-0.3, -0.25) is 4.79 Å². The van der Waals surface area contributed by atoms with Gasteiger partial charge in [-0.15, -0.1) is 0 Å². The minimum atomic E-state index is -0.170. The first kappa shape index (κ1) is 16.4. The van der Waals surface area contributed by atoms with Crippen molar-refractivity contribution in [1.29, 1.82) is 0 Å². The number of halogens is 1. The predicted octanol–water partition coefficient (Wildman–Crippen LogP) is 2.08. The second-order valence-electron chi connectivity index (χ2n) is 4.82. The summed E-state index contributed by atoms with van der Waals surface area (Å²) in [5.74, 6) is 0.247. The van der Waals surface area contributed by atoms with Gasteiger partial charge in [-0.1, -0.05) is 19.0 Å². The van der Waals surface area contributed by atoms with E-state index in [0.717, 1.165) is 0 Å². The highest BCUT2D eigenvalue weighted by Crippen LogP contribution is 2.16. The Balaban J connectivity index is 2.87. The van der Waals surface area contributed by atoms with Crippen LogP contribution in [-0.4, -0.2) is 39.9 Å². The lowest BCUT2D eigenvalue weighted by Crippen LogP contribution is -2.37. The fourth-order valence-corrected chi connectivity index (χ4v) is 2.13. The number of pyridine rings is 1. The van der Waals surface area contributed by atoms with E-state index in [1.165, 1.54) is 0 Å². The quantitative estimate of drug-likeness (QED) is 0.358. The molecule has 0 aromatic carbocycles. The second-order valence-corrected chi connectivity index (χ2v) is 5.67. The Kier molecular flexibility index (Phi) is 6.44. The topological polar surface area (TPSA) is 91.8 Å². The van der Waals surface area contributed by atoms with Crippen LogP contribution in [0.2, 0.25) is 0 Å². The Hall–Kier alpha value is -1.63. The van der Waals surface area contributed by atoms with Gasteiger partial charge < -0.3 is 15.8 Å². The summed E-state index contributed by atoms with van der Waals surface area (Å²) in [7, 11) is 0. The highest BCUT2D eigenvalue weighted by Gasteiger charge is 2.20. The Bertz CT molecular complexity index is 491. The van der Waals surface area contributed by atoms with Gasteiger partial charge in [0.25, 0.3) is 5.91 Å². The first-order valence-corrected chi connectivity index (χ1v) is 7.11. The smallest absolute Gasteiger partial charge is 0.273 e. The SMILES string of the molecule is CC(C)CN(CC/C(N)=N/O)C(=O)c1ncccc1Br. The first-order chi connectivity index (χ1) is 9.45. The third-order valence-corrected chi connectivity index (χ3v) is 3.24. The summed E-state index contributed by atoms with van der Waals surface area (Å²) < 4.78 is 0.655. The molecule has 1 heterocycles. The molecule has 0 unspecified atom stereocenters. The summed E-state index contributed by atoms with van der Waals surface area (Å²) in [4.78, 5) is 18.3. The van der Waals surface area contributed by atoms with Gasteiger partial charge in [-0.25, -0.2) is 4.98 Å². The van der Waals surface area contributed by atoms with Crippen LogP contribution in [0.4, 0.5) is 0 Å². The summed E-state index contributed by atoms with van der Waals surface area (Å²) >= 11 is 3.33. The van der Waals surface area contributed by atoms with E-state index in [1.54, 1.807) is 23.2 Å². The molecule has 1 rings (SSSR count). The normalized spacial score (nSPS) is 11.7. The van der Waals surface area contributed by atoms with Crippen molar-refractivity contribution in [3.63, 3.8) is 0 Å². The zero-order valence-corrected chi connectivity index (χ0v) is 13.2. The molecule has 1 amide bonds. The fraction of sp³-hybridized carbons (Fsp3) is 0.462. The third kappa shape index (κ3) is 4.80. The molecular weight excluding hydrogens is 324 g/mol. The minimum absolute atomic E-state index is 0.103. The predicted molar refractivity (Wildman–Crippen MR) is 80.7 cm³/mol. The number of oxime groups is 1. The average Bonchev–Trinajstić information content (AvgIpc) is 2.42. The van der Waals surface area contributed by atoms with E-state index in [-0.39, 0.29) is 11.7 Å². The number of hydrogen-bond acceptors (Lipinski definition) is 4. The van der Waals surface area contributed by atoms with Crippen LogP contribution in [0.25, 0.3) is 0 Å². The molecule has 0 aliphatic rings. The van der Waals surface area contributed by atoms with Crippen LogP contribution in [0.1, 0.15) is 30.8 Å². The molecule has 0 aliphatic carbocycles. The van der Waals surface area contributed by atoms with Crippen molar-refractivity contribution in [2.75, 3.05) is 13.1 Å². The van der Waals surface area contributed by atoms with Crippen LogP contribution in [-0.2, 0) is 0 Å². The summed E-state index contributed by atoms with van der Waals surface area (Å²) in [5.41, 5.74) is 5.83. The molecule has 0 spiro atoms. The van der Waals surface area contributed by atoms with E-state index in [2.05, 4.69) is 26.1 Å². The summed E-state index contributed by atoms with van der Waals surface area (Å²) in [6, 6.07) is 3.53. The molecule has 1 aromatic rings. The molecule has 20 heavy (non-hydrogen) atoms. The molecule has 7 heteroatoms.